The normalized spacial score (nSPS) is 13.3. The Morgan fingerprint density at radius 3 is 2.50 bits per heavy atom. The summed E-state index contributed by atoms with van der Waals surface area (Å²) in [6.45, 7) is 0.832. The molecule has 0 bridgehead atoms. The van der Waals surface area contributed by atoms with Crippen molar-refractivity contribution in [3.05, 3.63) is 29.3 Å². The van der Waals surface area contributed by atoms with Crippen LogP contribution in [0, 0.1) is 0 Å². The van der Waals surface area contributed by atoms with Gasteiger partial charge in [-0.15, -0.1) is 0 Å². The summed E-state index contributed by atoms with van der Waals surface area (Å²) in [5.74, 6) is 0. The first-order chi connectivity index (χ1) is 9.42. The lowest BCUT2D eigenvalue weighted by atomic mass is 10.1. The number of hydrogen-bond acceptors (Lipinski definition) is 4. The molecule has 0 fully saturated rings. The van der Waals surface area contributed by atoms with E-state index in [1.165, 1.54) is 6.07 Å². The Bertz CT molecular complexity index is 425. The van der Waals surface area contributed by atoms with Crippen LogP contribution in [0.4, 0.5) is 18.9 Å². The lowest BCUT2D eigenvalue weighted by Crippen LogP contribution is -2.27. The van der Waals surface area contributed by atoms with E-state index in [2.05, 4.69) is 5.32 Å². The van der Waals surface area contributed by atoms with E-state index < -0.39 is 11.7 Å². The summed E-state index contributed by atoms with van der Waals surface area (Å²) in [6, 6.07) is 3.46. The predicted octanol–water partition coefficient (Wildman–Crippen LogP) is 2.24. The van der Waals surface area contributed by atoms with Crippen molar-refractivity contribution in [3.8, 4) is 0 Å². The maximum atomic E-state index is 12.6. The van der Waals surface area contributed by atoms with Crippen LogP contribution in [-0.4, -0.2) is 33.5 Å². The first kappa shape index (κ1) is 16.7. The van der Waals surface area contributed by atoms with Gasteiger partial charge in [0, 0.05) is 33.0 Å². The Morgan fingerprint density at radius 2 is 2.00 bits per heavy atom. The van der Waals surface area contributed by atoms with Gasteiger partial charge < -0.3 is 20.5 Å². The zero-order valence-corrected chi connectivity index (χ0v) is 11.5. The Balaban J connectivity index is 2.80. The fraction of sp³-hybridized carbons (Fsp3) is 0.538. The molecule has 1 rings (SSSR count). The zero-order chi connectivity index (χ0) is 15.2. The first-order valence-electron chi connectivity index (χ1n) is 6.08. The number of hydrogen-bond donors (Lipinski definition) is 2. The fourth-order valence-electron chi connectivity index (χ4n) is 1.73. The monoisotopic (exact) mass is 292 g/mol. The van der Waals surface area contributed by atoms with Crippen LogP contribution in [0.5, 0.6) is 0 Å². The molecule has 0 heterocycles. The molecule has 1 atom stereocenters. The Hall–Kier alpha value is -1.31. The van der Waals surface area contributed by atoms with E-state index in [0.717, 1.165) is 12.1 Å². The van der Waals surface area contributed by atoms with Crippen molar-refractivity contribution in [1.29, 1.82) is 0 Å². The molecule has 0 saturated heterocycles. The summed E-state index contributed by atoms with van der Waals surface area (Å²) in [4.78, 5) is 0. The minimum Gasteiger partial charge on any atom is -0.382 e. The molecule has 1 aromatic carbocycles. The van der Waals surface area contributed by atoms with Crippen molar-refractivity contribution >= 4 is 5.69 Å². The summed E-state index contributed by atoms with van der Waals surface area (Å²) in [5.41, 5.74) is 5.77. The highest BCUT2D eigenvalue weighted by atomic mass is 19.4. The number of ether oxygens (including phenoxy) is 2. The van der Waals surface area contributed by atoms with E-state index in [9.17, 15) is 13.2 Å². The third-order valence-electron chi connectivity index (χ3n) is 2.86. The van der Waals surface area contributed by atoms with Gasteiger partial charge in [-0.1, -0.05) is 0 Å². The van der Waals surface area contributed by atoms with Gasteiger partial charge in [-0.2, -0.15) is 13.2 Å². The number of alkyl halides is 3. The van der Waals surface area contributed by atoms with Gasteiger partial charge >= 0.3 is 6.18 Å². The average Bonchev–Trinajstić information content (AvgIpc) is 2.42. The number of rotatable bonds is 7. The number of nitrogens with two attached hydrogens (primary N) is 1. The smallest absolute Gasteiger partial charge is 0.382 e. The van der Waals surface area contributed by atoms with E-state index in [1.54, 1.807) is 14.2 Å². The van der Waals surface area contributed by atoms with E-state index in [0.29, 0.717) is 24.4 Å². The Morgan fingerprint density at radius 1 is 1.30 bits per heavy atom. The zero-order valence-electron chi connectivity index (χ0n) is 11.5. The quantitative estimate of drug-likeness (QED) is 0.809. The SMILES string of the molecule is COCC(CNc1ccc(C(F)(F)F)cc1CN)OC. The van der Waals surface area contributed by atoms with Crippen molar-refractivity contribution in [2.24, 2.45) is 5.73 Å². The maximum Gasteiger partial charge on any atom is 0.416 e. The van der Waals surface area contributed by atoms with Crippen molar-refractivity contribution in [3.63, 3.8) is 0 Å². The number of methoxy groups -OCH3 is 2. The second-order valence-electron chi connectivity index (χ2n) is 4.27. The van der Waals surface area contributed by atoms with Crippen molar-refractivity contribution in [2.45, 2.75) is 18.8 Å². The summed E-state index contributed by atoms with van der Waals surface area (Å²) in [6.07, 6.45) is -4.55. The second kappa shape index (κ2) is 7.47. The molecule has 0 saturated carbocycles. The van der Waals surface area contributed by atoms with Crippen LogP contribution in [-0.2, 0) is 22.2 Å². The van der Waals surface area contributed by atoms with Gasteiger partial charge in [0.15, 0.2) is 0 Å². The van der Waals surface area contributed by atoms with Crippen LogP contribution >= 0.6 is 0 Å². The summed E-state index contributed by atoms with van der Waals surface area (Å²) in [7, 11) is 3.09. The molecule has 0 spiro atoms. The molecule has 3 N–H and O–H groups in total. The molecular formula is C13H19F3N2O2. The number of anilines is 1. The third-order valence-corrected chi connectivity index (χ3v) is 2.86. The Labute approximate surface area is 116 Å². The van der Waals surface area contributed by atoms with Gasteiger partial charge in [0.25, 0.3) is 0 Å². The van der Waals surface area contributed by atoms with Crippen molar-refractivity contribution in [1.82, 2.24) is 0 Å². The highest BCUT2D eigenvalue weighted by molar-refractivity contribution is 5.53. The van der Waals surface area contributed by atoms with Crippen LogP contribution in [0.3, 0.4) is 0 Å². The van der Waals surface area contributed by atoms with Gasteiger partial charge in [0.1, 0.15) is 0 Å². The molecule has 0 aromatic heterocycles. The van der Waals surface area contributed by atoms with Crippen LogP contribution < -0.4 is 11.1 Å². The molecule has 0 aliphatic carbocycles. The van der Waals surface area contributed by atoms with Crippen LogP contribution in [0.15, 0.2) is 18.2 Å². The van der Waals surface area contributed by atoms with Gasteiger partial charge in [0.2, 0.25) is 0 Å². The third kappa shape index (κ3) is 4.66. The number of benzene rings is 1. The Kier molecular flexibility index (Phi) is 6.25. The van der Waals surface area contributed by atoms with E-state index in [1.807, 2.05) is 0 Å². The predicted molar refractivity (Wildman–Crippen MR) is 70.5 cm³/mol. The highest BCUT2D eigenvalue weighted by Gasteiger charge is 2.30. The van der Waals surface area contributed by atoms with Crippen LogP contribution in [0.2, 0.25) is 0 Å². The van der Waals surface area contributed by atoms with E-state index in [4.69, 9.17) is 15.2 Å². The standard InChI is InChI=1S/C13H19F3N2O2/c1-19-8-11(20-2)7-18-12-4-3-10(13(14,15)16)5-9(12)6-17/h3-5,11,18H,6-8,17H2,1-2H3. The topological polar surface area (TPSA) is 56.5 Å². The summed E-state index contributed by atoms with van der Waals surface area (Å²) < 4.78 is 48.0. The first-order valence-corrected chi connectivity index (χ1v) is 6.08. The molecule has 114 valence electrons. The fourth-order valence-corrected chi connectivity index (χ4v) is 1.73. The number of nitrogens with one attached hydrogen (secondary N) is 1. The molecule has 0 aliphatic heterocycles. The van der Waals surface area contributed by atoms with Crippen LogP contribution in [0.25, 0.3) is 0 Å². The maximum absolute atomic E-state index is 12.6. The minimum atomic E-state index is -4.37. The molecule has 0 amide bonds. The molecule has 0 radical (unpaired) electrons. The number of halogens is 3. The lowest BCUT2D eigenvalue weighted by molar-refractivity contribution is -0.137. The van der Waals surface area contributed by atoms with Gasteiger partial charge in [-0.25, -0.2) is 0 Å². The van der Waals surface area contributed by atoms with Gasteiger partial charge in [-0.05, 0) is 23.8 Å². The molecule has 1 unspecified atom stereocenters. The highest BCUT2D eigenvalue weighted by Crippen LogP contribution is 2.31. The molecule has 20 heavy (non-hydrogen) atoms. The molecule has 7 heteroatoms. The largest absolute Gasteiger partial charge is 0.416 e. The van der Waals surface area contributed by atoms with E-state index in [-0.39, 0.29) is 12.6 Å². The second-order valence-corrected chi connectivity index (χ2v) is 4.27. The summed E-state index contributed by atoms with van der Waals surface area (Å²) in [5, 5.41) is 3.03. The average molecular weight is 292 g/mol. The molecule has 0 aliphatic rings. The van der Waals surface area contributed by atoms with Crippen molar-refractivity contribution in [2.75, 3.05) is 32.7 Å². The lowest BCUT2D eigenvalue weighted by Gasteiger charge is -2.18. The molecule has 1 aromatic rings. The van der Waals surface area contributed by atoms with Gasteiger partial charge in [0.05, 0.1) is 18.3 Å². The molecule has 4 nitrogen and oxygen atoms in total. The van der Waals surface area contributed by atoms with Gasteiger partial charge in [-0.3, -0.25) is 0 Å². The van der Waals surface area contributed by atoms with Crippen molar-refractivity contribution < 1.29 is 22.6 Å². The summed E-state index contributed by atoms with van der Waals surface area (Å²) >= 11 is 0. The minimum absolute atomic E-state index is 0.0220. The van der Waals surface area contributed by atoms with E-state index >= 15 is 0 Å². The van der Waals surface area contributed by atoms with Crippen LogP contribution in [0.1, 0.15) is 11.1 Å². The molecular weight excluding hydrogens is 273 g/mol.